The van der Waals surface area contributed by atoms with Crippen molar-refractivity contribution < 1.29 is 14.3 Å². The molecule has 0 heterocycles. The third-order valence-electron chi connectivity index (χ3n) is 3.92. The predicted molar refractivity (Wildman–Crippen MR) is 84.9 cm³/mol. The average molecular weight is 309 g/mol. The molecule has 0 bridgehead atoms. The molecule has 116 valence electrons. The van der Waals surface area contributed by atoms with Crippen molar-refractivity contribution in [3.63, 3.8) is 0 Å². The van der Waals surface area contributed by atoms with E-state index < -0.39 is 5.54 Å². The maximum atomic E-state index is 12.1. The van der Waals surface area contributed by atoms with Crippen LogP contribution in [0, 0.1) is 0 Å². The van der Waals surface area contributed by atoms with Gasteiger partial charge < -0.3 is 14.8 Å². The molecular formula is C16H23NO3S. The first-order chi connectivity index (χ1) is 10.1. The van der Waals surface area contributed by atoms with Gasteiger partial charge in [-0.2, -0.15) is 0 Å². The first-order valence-corrected chi connectivity index (χ1v) is 8.16. The van der Waals surface area contributed by atoms with E-state index in [0.29, 0.717) is 5.25 Å². The number of rotatable bonds is 6. The van der Waals surface area contributed by atoms with Crippen molar-refractivity contribution in [3.05, 3.63) is 24.3 Å². The topological polar surface area (TPSA) is 47.6 Å². The van der Waals surface area contributed by atoms with Crippen LogP contribution in [0.5, 0.6) is 5.75 Å². The zero-order valence-electron chi connectivity index (χ0n) is 12.8. The van der Waals surface area contributed by atoms with Gasteiger partial charge in [-0.05, 0) is 37.9 Å². The fourth-order valence-electron chi connectivity index (χ4n) is 2.95. The molecule has 1 aromatic rings. The van der Waals surface area contributed by atoms with Crippen LogP contribution in [0.4, 0.5) is 0 Å². The molecule has 1 aliphatic carbocycles. The summed E-state index contributed by atoms with van der Waals surface area (Å²) in [6, 6.07) is 8.01. The van der Waals surface area contributed by atoms with Gasteiger partial charge in [0.25, 0.3) is 0 Å². The number of nitrogens with one attached hydrogen (secondary N) is 1. The van der Waals surface area contributed by atoms with E-state index in [-0.39, 0.29) is 5.97 Å². The monoisotopic (exact) mass is 309 g/mol. The summed E-state index contributed by atoms with van der Waals surface area (Å²) in [4.78, 5) is 13.3. The van der Waals surface area contributed by atoms with E-state index in [1.807, 2.05) is 25.1 Å². The molecule has 0 aliphatic heterocycles. The molecule has 2 unspecified atom stereocenters. The highest BCUT2D eigenvalue weighted by Crippen LogP contribution is 2.43. The molecule has 2 atom stereocenters. The summed E-state index contributed by atoms with van der Waals surface area (Å²) in [5.74, 6) is 0.744. The van der Waals surface area contributed by atoms with Gasteiger partial charge in [-0.3, -0.25) is 4.79 Å². The minimum Gasteiger partial charge on any atom is -0.496 e. The second-order valence-electron chi connectivity index (χ2n) is 5.24. The van der Waals surface area contributed by atoms with Crippen LogP contribution in [0.15, 0.2) is 29.2 Å². The number of benzene rings is 1. The summed E-state index contributed by atoms with van der Waals surface area (Å²) >= 11 is 1.79. The molecule has 0 radical (unpaired) electrons. The molecule has 21 heavy (non-hydrogen) atoms. The first kappa shape index (κ1) is 16.2. The molecule has 0 amide bonds. The van der Waals surface area contributed by atoms with Crippen molar-refractivity contribution in [1.82, 2.24) is 5.32 Å². The molecule has 1 saturated carbocycles. The van der Waals surface area contributed by atoms with Crippen molar-refractivity contribution in [2.75, 3.05) is 20.8 Å². The Morgan fingerprint density at radius 1 is 1.43 bits per heavy atom. The van der Waals surface area contributed by atoms with Gasteiger partial charge >= 0.3 is 5.97 Å². The number of para-hydroxylation sites is 1. The Morgan fingerprint density at radius 2 is 2.19 bits per heavy atom. The minimum absolute atomic E-state index is 0.146. The highest BCUT2D eigenvalue weighted by molar-refractivity contribution is 8.00. The van der Waals surface area contributed by atoms with Gasteiger partial charge in [0.15, 0.2) is 0 Å². The van der Waals surface area contributed by atoms with E-state index in [0.717, 1.165) is 36.5 Å². The molecule has 1 N–H and O–H groups in total. The summed E-state index contributed by atoms with van der Waals surface area (Å²) in [5.41, 5.74) is -0.525. The Hall–Kier alpha value is -1.20. The van der Waals surface area contributed by atoms with Gasteiger partial charge in [0, 0.05) is 10.1 Å². The Morgan fingerprint density at radius 3 is 2.86 bits per heavy atom. The molecule has 0 spiro atoms. The molecule has 1 aromatic carbocycles. The SMILES string of the molecule is CCNC1(C(=O)OC)CCC(Sc2ccccc2OC)C1. The van der Waals surface area contributed by atoms with Crippen molar-refractivity contribution in [3.8, 4) is 5.75 Å². The number of methoxy groups -OCH3 is 2. The number of hydrogen-bond donors (Lipinski definition) is 1. The minimum atomic E-state index is -0.525. The molecule has 5 heteroatoms. The van der Waals surface area contributed by atoms with Crippen molar-refractivity contribution >= 4 is 17.7 Å². The lowest BCUT2D eigenvalue weighted by molar-refractivity contribution is -0.148. The van der Waals surface area contributed by atoms with E-state index >= 15 is 0 Å². The van der Waals surface area contributed by atoms with Gasteiger partial charge in [-0.25, -0.2) is 0 Å². The van der Waals surface area contributed by atoms with Crippen LogP contribution >= 0.6 is 11.8 Å². The molecule has 0 aromatic heterocycles. The third kappa shape index (κ3) is 3.52. The highest BCUT2D eigenvalue weighted by Gasteiger charge is 2.46. The van der Waals surface area contributed by atoms with E-state index in [2.05, 4.69) is 11.4 Å². The van der Waals surface area contributed by atoms with E-state index in [4.69, 9.17) is 9.47 Å². The number of ether oxygens (including phenoxy) is 2. The van der Waals surface area contributed by atoms with Gasteiger partial charge in [-0.15, -0.1) is 11.8 Å². The molecular weight excluding hydrogens is 286 g/mol. The fourth-order valence-corrected chi connectivity index (χ4v) is 4.34. The summed E-state index contributed by atoms with van der Waals surface area (Å²) < 4.78 is 10.4. The van der Waals surface area contributed by atoms with Crippen LogP contribution in [-0.2, 0) is 9.53 Å². The van der Waals surface area contributed by atoms with Crippen molar-refractivity contribution in [1.29, 1.82) is 0 Å². The number of hydrogen-bond acceptors (Lipinski definition) is 5. The number of carbonyl (C=O) groups is 1. The maximum Gasteiger partial charge on any atom is 0.326 e. The van der Waals surface area contributed by atoms with Crippen LogP contribution in [0.25, 0.3) is 0 Å². The lowest BCUT2D eigenvalue weighted by atomic mass is 9.98. The zero-order chi connectivity index (χ0) is 15.3. The number of esters is 1. The number of carbonyl (C=O) groups excluding carboxylic acids is 1. The van der Waals surface area contributed by atoms with Gasteiger partial charge in [-0.1, -0.05) is 19.1 Å². The van der Waals surface area contributed by atoms with Crippen LogP contribution in [-0.4, -0.2) is 37.5 Å². The summed E-state index contributed by atoms with van der Waals surface area (Å²) in [6.45, 7) is 2.78. The largest absolute Gasteiger partial charge is 0.496 e. The van der Waals surface area contributed by atoms with Crippen LogP contribution in [0.2, 0.25) is 0 Å². The Kier molecular flexibility index (Phi) is 5.53. The molecule has 1 fully saturated rings. The number of thioether (sulfide) groups is 1. The maximum absolute atomic E-state index is 12.1. The normalized spacial score (nSPS) is 24.8. The van der Waals surface area contributed by atoms with Gasteiger partial charge in [0.05, 0.1) is 14.2 Å². The standard InChI is InChI=1S/C16H23NO3S/c1-4-17-16(15(18)20-3)10-9-12(11-16)21-14-8-6-5-7-13(14)19-2/h5-8,12,17H,4,9-11H2,1-3H3. The Balaban J connectivity index is 2.09. The fraction of sp³-hybridized carbons (Fsp3) is 0.562. The van der Waals surface area contributed by atoms with E-state index in [9.17, 15) is 4.79 Å². The highest BCUT2D eigenvalue weighted by atomic mass is 32.2. The first-order valence-electron chi connectivity index (χ1n) is 7.28. The second-order valence-corrected chi connectivity index (χ2v) is 6.58. The summed E-state index contributed by atoms with van der Waals surface area (Å²) in [5, 5.41) is 3.72. The number of likely N-dealkylation sites (N-methyl/N-ethyl adjacent to an activating group) is 1. The van der Waals surface area contributed by atoms with E-state index in [1.165, 1.54) is 7.11 Å². The van der Waals surface area contributed by atoms with E-state index in [1.54, 1.807) is 18.9 Å². The zero-order valence-corrected chi connectivity index (χ0v) is 13.7. The lowest BCUT2D eigenvalue weighted by Crippen LogP contribution is -2.50. The third-order valence-corrected chi connectivity index (χ3v) is 5.25. The molecule has 2 rings (SSSR count). The van der Waals surface area contributed by atoms with Gasteiger partial charge in [0.2, 0.25) is 0 Å². The van der Waals surface area contributed by atoms with Crippen molar-refractivity contribution in [2.45, 2.75) is 41.9 Å². The van der Waals surface area contributed by atoms with Gasteiger partial charge in [0.1, 0.15) is 11.3 Å². The quantitative estimate of drug-likeness (QED) is 0.819. The Labute approximate surface area is 130 Å². The lowest BCUT2D eigenvalue weighted by Gasteiger charge is -2.27. The molecule has 4 nitrogen and oxygen atoms in total. The smallest absolute Gasteiger partial charge is 0.326 e. The predicted octanol–water partition coefficient (Wildman–Crippen LogP) is 2.86. The Bertz CT molecular complexity index is 494. The molecule has 0 saturated heterocycles. The average Bonchev–Trinajstić information content (AvgIpc) is 2.91. The second kappa shape index (κ2) is 7.18. The summed E-state index contributed by atoms with van der Waals surface area (Å²) in [7, 11) is 3.15. The van der Waals surface area contributed by atoms with Crippen molar-refractivity contribution in [2.24, 2.45) is 0 Å². The van der Waals surface area contributed by atoms with Crippen LogP contribution < -0.4 is 10.1 Å². The van der Waals surface area contributed by atoms with Crippen LogP contribution in [0.3, 0.4) is 0 Å². The molecule has 1 aliphatic rings. The summed E-state index contributed by atoms with van der Waals surface area (Å²) in [6.07, 6.45) is 2.60. The van der Waals surface area contributed by atoms with Crippen LogP contribution in [0.1, 0.15) is 26.2 Å².